The fourth-order valence-corrected chi connectivity index (χ4v) is 2.77. The van der Waals surface area contributed by atoms with Gasteiger partial charge in [-0.05, 0) is 36.4 Å². The van der Waals surface area contributed by atoms with E-state index in [4.69, 9.17) is 20.8 Å². The van der Waals surface area contributed by atoms with Gasteiger partial charge >= 0.3 is 0 Å². The molecule has 0 atom stereocenters. The summed E-state index contributed by atoms with van der Waals surface area (Å²) in [5.74, 6) is 1.21. The summed E-state index contributed by atoms with van der Waals surface area (Å²) in [5, 5.41) is 8.91. The summed E-state index contributed by atoms with van der Waals surface area (Å²) in [6.07, 6.45) is 0. The quantitative estimate of drug-likeness (QED) is 0.480. The molecule has 0 radical (unpaired) electrons. The number of nitrogens with zero attached hydrogens (tertiary/aromatic N) is 2. The molecule has 7 heteroatoms. The average molecular weight is 361 g/mol. The number of rotatable bonds is 6. The molecule has 3 rings (SSSR count). The van der Waals surface area contributed by atoms with Crippen molar-refractivity contribution >= 4 is 29.1 Å². The molecule has 0 spiro atoms. The third-order valence-electron chi connectivity index (χ3n) is 3.22. The van der Waals surface area contributed by atoms with Crippen molar-refractivity contribution in [2.45, 2.75) is 5.22 Å². The van der Waals surface area contributed by atoms with Gasteiger partial charge in [-0.3, -0.25) is 4.79 Å². The highest BCUT2D eigenvalue weighted by atomic mass is 35.5. The molecule has 0 aliphatic heterocycles. The molecule has 1 heterocycles. The van der Waals surface area contributed by atoms with Crippen LogP contribution in [0.3, 0.4) is 0 Å². The molecule has 1 aromatic heterocycles. The van der Waals surface area contributed by atoms with E-state index in [-0.39, 0.29) is 11.5 Å². The molecular weight excluding hydrogens is 348 g/mol. The van der Waals surface area contributed by atoms with E-state index in [0.717, 1.165) is 5.56 Å². The number of hydrogen-bond donors (Lipinski definition) is 0. The SMILES string of the molecule is COc1cccc(C(=O)CSc2nnc(-c3ccc(Cl)cc3)o2)c1. The number of hydrogen-bond acceptors (Lipinski definition) is 6. The Morgan fingerprint density at radius 2 is 2.00 bits per heavy atom. The summed E-state index contributed by atoms with van der Waals surface area (Å²) in [5.41, 5.74) is 1.36. The maximum Gasteiger partial charge on any atom is 0.277 e. The number of aromatic nitrogens is 2. The van der Waals surface area contributed by atoms with Gasteiger partial charge in [-0.25, -0.2) is 0 Å². The molecule has 0 unspecified atom stereocenters. The lowest BCUT2D eigenvalue weighted by Crippen LogP contribution is -2.02. The Morgan fingerprint density at radius 3 is 2.75 bits per heavy atom. The molecule has 0 aliphatic carbocycles. The number of carbonyl (C=O) groups excluding carboxylic acids is 1. The number of ketones is 1. The van der Waals surface area contributed by atoms with Gasteiger partial charge in [0.25, 0.3) is 5.22 Å². The van der Waals surface area contributed by atoms with E-state index in [9.17, 15) is 4.79 Å². The first-order valence-corrected chi connectivity index (χ1v) is 8.41. The number of methoxy groups -OCH3 is 1. The molecule has 122 valence electrons. The molecule has 2 aromatic carbocycles. The largest absolute Gasteiger partial charge is 0.497 e. The smallest absolute Gasteiger partial charge is 0.277 e. The van der Waals surface area contributed by atoms with E-state index in [1.807, 2.05) is 0 Å². The highest BCUT2D eigenvalue weighted by Gasteiger charge is 2.13. The van der Waals surface area contributed by atoms with Crippen molar-refractivity contribution < 1.29 is 13.9 Å². The Balaban J connectivity index is 1.64. The van der Waals surface area contributed by atoms with Crippen LogP contribution in [0, 0.1) is 0 Å². The summed E-state index contributed by atoms with van der Waals surface area (Å²) in [4.78, 5) is 12.2. The summed E-state index contributed by atoms with van der Waals surface area (Å²) in [6, 6.07) is 14.1. The van der Waals surface area contributed by atoms with Crippen molar-refractivity contribution in [3.05, 3.63) is 59.1 Å². The molecule has 0 N–H and O–H groups in total. The minimum Gasteiger partial charge on any atom is -0.497 e. The lowest BCUT2D eigenvalue weighted by atomic mass is 10.1. The second-order valence-electron chi connectivity index (χ2n) is 4.82. The van der Waals surface area contributed by atoms with Crippen LogP contribution in [0.4, 0.5) is 0 Å². The standard InChI is InChI=1S/C17H13ClN2O3S/c1-22-14-4-2-3-12(9-14)15(21)10-24-17-20-19-16(23-17)11-5-7-13(18)8-6-11/h2-9H,10H2,1H3. The number of halogens is 1. The summed E-state index contributed by atoms with van der Waals surface area (Å²) < 4.78 is 10.7. The molecule has 0 saturated heterocycles. The van der Waals surface area contributed by atoms with Crippen molar-refractivity contribution in [1.29, 1.82) is 0 Å². The zero-order valence-electron chi connectivity index (χ0n) is 12.7. The van der Waals surface area contributed by atoms with Crippen molar-refractivity contribution in [3.8, 4) is 17.2 Å². The van der Waals surface area contributed by atoms with Gasteiger partial charge in [-0.1, -0.05) is 35.5 Å². The molecule has 24 heavy (non-hydrogen) atoms. The van der Waals surface area contributed by atoms with Gasteiger partial charge in [0.05, 0.1) is 12.9 Å². The number of carbonyl (C=O) groups is 1. The normalized spacial score (nSPS) is 10.6. The molecule has 0 bridgehead atoms. The highest BCUT2D eigenvalue weighted by molar-refractivity contribution is 7.99. The number of benzene rings is 2. The van der Waals surface area contributed by atoms with E-state index >= 15 is 0 Å². The number of Topliss-reactive ketones (excluding diaryl/α,β-unsaturated/α-hetero) is 1. The van der Waals surface area contributed by atoms with Gasteiger partial charge in [-0.2, -0.15) is 0 Å². The molecule has 0 fully saturated rings. The molecule has 0 aliphatic rings. The first-order valence-electron chi connectivity index (χ1n) is 7.05. The lowest BCUT2D eigenvalue weighted by Gasteiger charge is -2.02. The van der Waals surface area contributed by atoms with Gasteiger partial charge in [0.15, 0.2) is 5.78 Å². The van der Waals surface area contributed by atoms with Crippen LogP contribution in [-0.4, -0.2) is 28.8 Å². The Labute approximate surface area is 148 Å². The molecular formula is C17H13ClN2O3S. The van der Waals surface area contributed by atoms with E-state index in [2.05, 4.69) is 10.2 Å². The van der Waals surface area contributed by atoms with Gasteiger partial charge < -0.3 is 9.15 Å². The molecule has 0 saturated carbocycles. The minimum absolute atomic E-state index is 0.0369. The second-order valence-corrected chi connectivity index (χ2v) is 6.19. The van der Waals surface area contributed by atoms with Gasteiger partial charge in [0.1, 0.15) is 5.75 Å². The number of ether oxygens (including phenoxy) is 1. The van der Waals surface area contributed by atoms with Crippen LogP contribution in [0.25, 0.3) is 11.5 Å². The summed E-state index contributed by atoms with van der Waals surface area (Å²) >= 11 is 7.05. The first kappa shape index (κ1) is 16.5. The van der Waals surface area contributed by atoms with Crippen molar-refractivity contribution in [2.75, 3.05) is 12.9 Å². The maximum atomic E-state index is 12.2. The minimum atomic E-state index is -0.0369. The van der Waals surface area contributed by atoms with Crippen molar-refractivity contribution in [2.24, 2.45) is 0 Å². The third kappa shape index (κ3) is 3.96. The predicted octanol–water partition coefficient (Wildman–Crippen LogP) is 4.37. The van der Waals surface area contributed by atoms with Crippen LogP contribution >= 0.6 is 23.4 Å². The summed E-state index contributed by atoms with van der Waals surface area (Å²) in [6.45, 7) is 0. The van der Waals surface area contributed by atoms with Crippen molar-refractivity contribution in [3.63, 3.8) is 0 Å². The fourth-order valence-electron chi connectivity index (χ4n) is 1.98. The van der Waals surface area contributed by atoms with Crippen LogP contribution in [0.2, 0.25) is 5.02 Å². The van der Waals surface area contributed by atoms with Crippen LogP contribution in [0.15, 0.2) is 58.2 Å². The molecule has 3 aromatic rings. The van der Waals surface area contributed by atoms with Crippen LogP contribution in [0.1, 0.15) is 10.4 Å². The van der Waals surface area contributed by atoms with Crippen LogP contribution in [-0.2, 0) is 0 Å². The first-order chi connectivity index (χ1) is 11.7. The van der Waals surface area contributed by atoms with E-state index in [1.165, 1.54) is 11.8 Å². The number of thioether (sulfide) groups is 1. The molecule has 0 amide bonds. The average Bonchev–Trinajstić information content (AvgIpc) is 3.09. The zero-order valence-corrected chi connectivity index (χ0v) is 14.3. The topological polar surface area (TPSA) is 65.2 Å². The Bertz CT molecular complexity index is 849. The van der Waals surface area contributed by atoms with Crippen LogP contribution in [0.5, 0.6) is 5.75 Å². The highest BCUT2D eigenvalue weighted by Crippen LogP contribution is 2.25. The van der Waals surface area contributed by atoms with E-state index < -0.39 is 0 Å². The maximum absolute atomic E-state index is 12.2. The zero-order chi connectivity index (χ0) is 16.9. The predicted molar refractivity (Wildman–Crippen MR) is 92.8 cm³/mol. The van der Waals surface area contributed by atoms with Gasteiger partial charge in [-0.15, -0.1) is 10.2 Å². The second kappa shape index (κ2) is 7.51. The Hall–Kier alpha value is -2.31. The van der Waals surface area contributed by atoms with E-state index in [0.29, 0.717) is 27.4 Å². The fraction of sp³-hybridized carbons (Fsp3) is 0.118. The van der Waals surface area contributed by atoms with Gasteiger partial charge in [0.2, 0.25) is 5.89 Å². The monoisotopic (exact) mass is 360 g/mol. The van der Waals surface area contributed by atoms with Gasteiger partial charge in [0, 0.05) is 16.1 Å². The third-order valence-corrected chi connectivity index (χ3v) is 4.29. The summed E-state index contributed by atoms with van der Waals surface area (Å²) in [7, 11) is 1.56. The van der Waals surface area contributed by atoms with E-state index in [1.54, 1.807) is 55.6 Å². The van der Waals surface area contributed by atoms with Crippen molar-refractivity contribution in [1.82, 2.24) is 10.2 Å². The Kier molecular flexibility index (Phi) is 5.17. The molecule has 5 nitrogen and oxygen atoms in total. The Morgan fingerprint density at radius 1 is 1.21 bits per heavy atom. The van der Waals surface area contributed by atoms with Crippen LogP contribution < -0.4 is 4.74 Å². The lowest BCUT2D eigenvalue weighted by molar-refractivity contribution is 0.102.